The molecule has 0 saturated carbocycles. The summed E-state index contributed by atoms with van der Waals surface area (Å²) in [5, 5.41) is 11.1. The van der Waals surface area contributed by atoms with Crippen LogP contribution in [0.25, 0.3) is 0 Å². The van der Waals surface area contributed by atoms with Crippen LogP contribution in [0.5, 0.6) is 0 Å². The first-order valence-electron chi connectivity index (χ1n) is 5.80. The Morgan fingerprint density at radius 1 is 1.29 bits per heavy atom. The Morgan fingerprint density at radius 3 is 2.52 bits per heavy atom. The molecule has 0 saturated heterocycles. The second kappa shape index (κ2) is 5.58. The number of benzene rings is 1. The second-order valence-corrected chi connectivity index (χ2v) is 5.52. The van der Waals surface area contributed by atoms with Crippen LogP contribution in [0.2, 0.25) is 0 Å². The van der Waals surface area contributed by atoms with Crippen molar-refractivity contribution in [2.24, 2.45) is 0 Å². The number of thiophene rings is 1. The van der Waals surface area contributed by atoms with E-state index in [1.165, 1.54) is 23.5 Å². The van der Waals surface area contributed by atoms with E-state index in [1.807, 2.05) is 6.92 Å². The molecule has 1 amide bonds. The molecule has 0 aliphatic carbocycles. The molecule has 0 atom stereocenters. The minimum absolute atomic E-state index is 0.00243. The van der Waals surface area contributed by atoms with E-state index >= 15 is 0 Å². The maximum Gasteiger partial charge on any atom is 0.417 e. The first-order valence-corrected chi connectivity index (χ1v) is 6.62. The van der Waals surface area contributed by atoms with Gasteiger partial charge in [0.25, 0.3) is 5.91 Å². The van der Waals surface area contributed by atoms with Crippen LogP contribution >= 0.6 is 11.3 Å². The first-order chi connectivity index (χ1) is 9.81. The lowest BCUT2D eigenvalue weighted by Crippen LogP contribution is -2.13. The highest BCUT2D eigenvalue weighted by atomic mass is 32.1. The van der Waals surface area contributed by atoms with E-state index in [9.17, 15) is 18.0 Å². The number of hydrogen-bond donors (Lipinski definition) is 1. The summed E-state index contributed by atoms with van der Waals surface area (Å²) < 4.78 is 38.5. The zero-order valence-corrected chi connectivity index (χ0v) is 11.6. The van der Waals surface area contributed by atoms with Crippen molar-refractivity contribution in [3.63, 3.8) is 0 Å². The van der Waals surface area contributed by atoms with Gasteiger partial charge in [-0.25, -0.2) is 0 Å². The van der Waals surface area contributed by atoms with Gasteiger partial charge in [0.2, 0.25) is 0 Å². The van der Waals surface area contributed by atoms with E-state index < -0.39 is 23.2 Å². The first kappa shape index (κ1) is 15.1. The number of hydrogen-bond acceptors (Lipinski definition) is 3. The molecule has 0 aliphatic heterocycles. The van der Waals surface area contributed by atoms with Crippen LogP contribution in [-0.2, 0) is 6.18 Å². The monoisotopic (exact) mass is 310 g/mol. The SMILES string of the molecule is Cc1ccc(C(=O)Nc2ccc(C#N)c(C(F)(F)F)c2)s1. The van der Waals surface area contributed by atoms with E-state index in [0.29, 0.717) is 4.88 Å². The number of rotatable bonds is 2. The van der Waals surface area contributed by atoms with E-state index in [4.69, 9.17) is 5.26 Å². The predicted octanol–water partition coefficient (Wildman–Crippen LogP) is 4.20. The fourth-order valence-corrected chi connectivity index (χ4v) is 2.47. The largest absolute Gasteiger partial charge is 0.417 e. The summed E-state index contributed by atoms with van der Waals surface area (Å²) in [6.07, 6.45) is -4.65. The lowest BCUT2D eigenvalue weighted by atomic mass is 10.1. The number of aryl methyl sites for hydroxylation is 1. The predicted molar refractivity (Wildman–Crippen MR) is 73.2 cm³/mol. The average Bonchev–Trinajstić information content (AvgIpc) is 2.84. The Hall–Kier alpha value is -2.33. The third-order valence-corrected chi connectivity index (χ3v) is 3.67. The molecule has 0 unspecified atom stereocenters. The van der Waals surface area contributed by atoms with Crippen LogP contribution in [0.15, 0.2) is 30.3 Å². The molecule has 2 aromatic rings. The Kier molecular flexibility index (Phi) is 4.00. The van der Waals surface area contributed by atoms with Crippen LogP contribution in [0.4, 0.5) is 18.9 Å². The molecule has 0 radical (unpaired) electrons. The Balaban J connectivity index is 2.30. The van der Waals surface area contributed by atoms with Crippen molar-refractivity contribution in [1.29, 1.82) is 5.26 Å². The highest BCUT2D eigenvalue weighted by Crippen LogP contribution is 2.33. The Labute approximate surface area is 122 Å². The highest BCUT2D eigenvalue weighted by molar-refractivity contribution is 7.14. The minimum Gasteiger partial charge on any atom is -0.321 e. The molecule has 1 aromatic carbocycles. The van der Waals surface area contributed by atoms with E-state index in [1.54, 1.807) is 12.1 Å². The van der Waals surface area contributed by atoms with Crippen molar-refractivity contribution < 1.29 is 18.0 Å². The van der Waals surface area contributed by atoms with Gasteiger partial charge in [-0.2, -0.15) is 18.4 Å². The number of nitriles is 1. The summed E-state index contributed by atoms with van der Waals surface area (Å²) in [4.78, 5) is 13.2. The van der Waals surface area contributed by atoms with Crippen LogP contribution in [0, 0.1) is 18.3 Å². The number of anilines is 1. The third kappa shape index (κ3) is 3.41. The van der Waals surface area contributed by atoms with Crippen LogP contribution in [0.3, 0.4) is 0 Å². The summed E-state index contributed by atoms with van der Waals surface area (Å²) in [5.41, 5.74) is -1.55. The van der Waals surface area contributed by atoms with Crippen LogP contribution < -0.4 is 5.32 Å². The van der Waals surface area contributed by atoms with Crippen molar-refractivity contribution in [2.45, 2.75) is 13.1 Å². The second-order valence-electron chi connectivity index (χ2n) is 4.23. The number of nitrogens with zero attached hydrogens (tertiary/aromatic N) is 1. The van der Waals surface area contributed by atoms with Gasteiger partial charge >= 0.3 is 6.18 Å². The van der Waals surface area contributed by atoms with Gasteiger partial charge in [-0.3, -0.25) is 4.79 Å². The molecule has 0 spiro atoms. The summed E-state index contributed by atoms with van der Waals surface area (Å²) >= 11 is 1.25. The standard InChI is InChI=1S/C14H9F3N2OS/c1-8-2-5-12(21-8)13(20)19-10-4-3-9(7-18)11(6-10)14(15,16)17/h2-6H,1H3,(H,19,20). The summed E-state index contributed by atoms with van der Waals surface area (Å²) in [6.45, 7) is 1.82. The fourth-order valence-electron chi connectivity index (χ4n) is 1.70. The highest BCUT2D eigenvalue weighted by Gasteiger charge is 2.34. The molecule has 1 aromatic heterocycles. The van der Waals surface area contributed by atoms with Gasteiger partial charge in [0, 0.05) is 10.6 Å². The molecule has 0 bridgehead atoms. The normalized spacial score (nSPS) is 11.0. The zero-order chi connectivity index (χ0) is 15.6. The van der Waals surface area contributed by atoms with E-state index in [0.717, 1.165) is 17.0 Å². The van der Waals surface area contributed by atoms with E-state index in [-0.39, 0.29) is 5.69 Å². The molecular formula is C14H9F3N2OS. The number of halogens is 3. The van der Waals surface area contributed by atoms with Gasteiger partial charge < -0.3 is 5.32 Å². The molecule has 0 fully saturated rings. The maximum absolute atomic E-state index is 12.8. The number of amides is 1. The summed E-state index contributed by atoms with van der Waals surface area (Å²) in [6, 6.07) is 7.91. The molecule has 1 N–H and O–H groups in total. The number of carbonyl (C=O) groups excluding carboxylic acids is 1. The molecule has 1 heterocycles. The zero-order valence-electron chi connectivity index (χ0n) is 10.8. The molecule has 2 rings (SSSR count). The molecule has 21 heavy (non-hydrogen) atoms. The van der Waals surface area contributed by atoms with Crippen molar-refractivity contribution in [3.8, 4) is 6.07 Å². The fraction of sp³-hybridized carbons (Fsp3) is 0.143. The van der Waals surface area contributed by atoms with Crippen LogP contribution in [-0.4, -0.2) is 5.91 Å². The molecule has 108 valence electrons. The van der Waals surface area contributed by atoms with Gasteiger partial charge in [-0.15, -0.1) is 11.3 Å². The number of alkyl halides is 3. The Bertz CT molecular complexity index is 729. The van der Waals surface area contributed by atoms with Gasteiger partial charge in [0.15, 0.2) is 0 Å². The van der Waals surface area contributed by atoms with Crippen molar-refractivity contribution in [2.75, 3.05) is 5.32 Å². The van der Waals surface area contributed by atoms with E-state index in [2.05, 4.69) is 5.32 Å². The van der Waals surface area contributed by atoms with Crippen molar-refractivity contribution >= 4 is 22.9 Å². The lowest BCUT2D eigenvalue weighted by molar-refractivity contribution is -0.137. The lowest BCUT2D eigenvalue weighted by Gasteiger charge is -2.11. The van der Waals surface area contributed by atoms with Crippen molar-refractivity contribution in [1.82, 2.24) is 0 Å². The Morgan fingerprint density at radius 2 is 2.00 bits per heavy atom. The minimum atomic E-state index is -4.65. The molecule has 7 heteroatoms. The molecule has 3 nitrogen and oxygen atoms in total. The quantitative estimate of drug-likeness (QED) is 0.904. The number of carbonyl (C=O) groups is 1. The molecular weight excluding hydrogens is 301 g/mol. The third-order valence-electron chi connectivity index (χ3n) is 2.67. The van der Waals surface area contributed by atoms with Crippen molar-refractivity contribution in [3.05, 3.63) is 51.2 Å². The maximum atomic E-state index is 12.8. The summed E-state index contributed by atoms with van der Waals surface area (Å²) in [7, 11) is 0. The summed E-state index contributed by atoms with van der Waals surface area (Å²) in [5.74, 6) is -0.481. The molecule has 0 aliphatic rings. The van der Waals surface area contributed by atoms with Gasteiger partial charge in [0.1, 0.15) is 0 Å². The average molecular weight is 310 g/mol. The van der Waals surface area contributed by atoms with Gasteiger partial charge in [-0.05, 0) is 37.3 Å². The topological polar surface area (TPSA) is 52.9 Å². The van der Waals surface area contributed by atoms with Crippen LogP contribution in [0.1, 0.15) is 25.7 Å². The number of nitrogens with one attached hydrogen (secondary N) is 1. The smallest absolute Gasteiger partial charge is 0.321 e. The van der Waals surface area contributed by atoms with Gasteiger partial charge in [0.05, 0.1) is 22.1 Å². The van der Waals surface area contributed by atoms with Gasteiger partial charge in [-0.1, -0.05) is 0 Å².